The highest BCUT2D eigenvalue weighted by molar-refractivity contribution is 7.59. The van der Waals surface area contributed by atoms with Crippen LogP contribution in [0.3, 0.4) is 0 Å². The predicted molar refractivity (Wildman–Crippen MR) is 107 cm³/mol. The maximum atomic E-state index is 12.0. The molecule has 36 heavy (non-hydrogen) atoms. The summed E-state index contributed by atoms with van der Waals surface area (Å²) < 4.78 is 48.1. The van der Waals surface area contributed by atoms with Crippen LogP contribution in [0.1, 0.15) is 6.23 Å². The van der Waals surface area contributed by atoms with Crippen LogP contribution in [0.2, 0.25) is 0 Å². The zero-order chi connectivity index (χ0) is 26.4. The first-order chi connectivity index (χ1) is 16.8. The fourth-order valence-electron chi connectivity index (χ4n) is 3.56. The first-order valence-corrected chi connectivity index (χ1v) is 13.0. The third kappa shape index (κ3) is 5.45. The van der Waals surface area contributed by atoms with Gasteiger partial charge in [0.1, 0.15) is 48.5 Å². The molecule has 0 spiro atoms. The molecular weight excluding hydrogens is 536 g/mol. The van der Waals surface area contributed by atoms with E-state index in [2.05, 4.69) is 28.3 Å². The molecule has 0 bridgehead atoms. The molecule has 202 valence electrons. The van der Waals surface area contributed by atoms with Crippen LogP contribution in [0, 0.1) is 0 Å². The number of phosphoric acid groups is 2. The lowest BCUT2D eigenvalue weighted by Gasteiger charge is -2.33. The number of aliphatic hydroxyl groups excluding tert-OH is 5. The molecule has 0 radical (unpaired) electrons. The van der Waals surface area contributed by atoms with Crippen molar-refractivity contribution >= 4 is 32.6 Å². The van der Waals surface area contributed by atoms with Crippen molar-refractivity contribution in [2.45, 2.75) is 49.1 Å². The van der Waals surface area contributed by atoms with Crippen molar-refractivity contribution < 1.29 is 67.3 Å². The molecule has 19 nitrogen and oxygen atoms in total. The third-order valence-corrected chi connectivity index (χ3v) is 7.86. The van der Waals surface area contributed by atoms with Crippen molar-refractivity contribution in [1.82, 2.24) is 19.5 Å². The average Bonchev–Trinajstić information content (AvgIpc) is 3.43. The molecular formula is C15H21N5O14P2-2. The normalized spacial score (nSPS) is 36.2. The summed E-state index contributed by atoms with van der Waals surface area (Å²) in [6.45, 7) is -1.79. The van der Waals surface area contributed by atoms with Crippen LogP contribution in [0.25, 0.3) is 11.2 Å². The summed E-state index contributed by atoms with van der Waals surface area (Å²) in [6.07, 6.45) is -10.9. The lowest BCUT2D eigenvalue weighted by Crippen LogP contribution is -2.35. The summed E-state index contributed by atoms with van der Waals surface area (Å²) in [5.74, 6) is 0.0392. The molecule has 2 aromatic heterocycles. The van der Waals surface area contributed by atoms with Crippen molar-refractivity contribution in [1.29, 1.82) is 0 Å². The monoisotopic (exact) mass is 557 g/mol. The molecule has 21 heteroatoms. The lowest BCUT2D eigenvalue weighted by atomic mass is 10.1. The van der Waals surface area contributed by atoms with Crippen molar-refractivity contribution in [2.75, 3.05) is 18.9 Å². The highest BCUT2D eigenvalue weighted by Crippen LogP contribution is 2.57. The van der Waals surface area contributed by atoms with Gasteiger partial charge in [-0.1, -0.05) is 0 Å². The van der Waals surface area contributed by atoms with Gasteiger partial charge in [-0.15, -0.1) is 0 Å². The van der Waals surface area contributed by atoms with E-state index < -0.39 is 78.0 Å². The number of ether oxygens (including phenoxy) is 2. The second kappa shape index (κ2) is 10.2. The minimum absolute atomic E-state index is 0.0392. The summed E-state index contributed by atoms with van der Waals surface area (Å²) in [4.78, 5) is 35.7. The van der Waals surface area contributed by atoms with Gasteiger partial charge in [-0.05, 0) is 0 Å². The number of anilines is 1. The highest BCUT2D eigenvalue weighted by atomic mass is 31.3. The van der Waals surface area contributed by atoms with Crippen LogP contribution in [0.4, 0.5) is 5.82 Å². The van der Waals surface area contributed by atoms with Gasteiger partial charge in [-0.2, -0.15) is 0 Å². The van der Waals surface area contributed by atoms with E-state index in [1.54, 1.807) is 0 Å². The Kier molecular flexibility index (Phi) is 7.78. The van der Waals surface area contributed by atoms with Crippen molar-refractivity contribution in [3.05, 3.63) is 12.7 Å². The second-order valence-electron chi connectivity index (χ2n) is 7.71. The van der Waals surface area contributed by atoms with Gasteiger partial charge >= 0.3 is 0 Å². The summed E-state index contributed by atoms with van der Waals surface area (Å²) in [6, 6.07) is 0. The number of imidazole rings is 1. The fraction of sp³-hybridized carbons (Fsp3) is 0.667. The van der Waals surface area contributed by atoms with Gasteiger partial charge in [0.05, 0.1) is 19.5 Å². The van der Waals surface area contributed by atoms with Crippen molar-refractivity contribution in [3.8, 4) is 0 Å². The fourth-order valence-corrected chi connectivity index (χ4v) is 5.64. The molecule has 4 rings (SSSR count). The van der Waals surface area contributed by atoms with Crippen LogP contribution in [-0.2, 0) is 32.0 Å². The zero-order valence-corrected chi connectivity index (χ0v) is 19.6. The molecule has 2 aromatic rings. The van der Waals surface area contributed by atoms with Crippen LogP contribution >= 0.6 is 15.6 Å². The Bertz CT molecular complexity index is 1180. The minimum atomic E-state index is -5.76. The first kappa shape index (κ1) is 27.4. The Labute approximate surface area is 200 Å². The van der Waals surface area contributed by atoms with E-state index >= 15 is 0 Å². The lowest BCUT2D eigenvalue weighted by molar-refractivity contribution is -0.259. The number of aliphatic hydroxyl groups is 5. The maximum Gasteiger partial charge on any atom is 0.276 e. The molecule has 4 heterocycles. The van der Waals surface area contributed by atoms with Gasteiger partial charge in [0.15, 0.2) is 24.0 Å². The summed E-state index contributed by atoms with van der Waals surface area (Å²) in [7, 11) is -11.4. The van der Waals surface area contributed by atoms with E-state index in [4.69, 9.17) is 20.3 Å². The van der Waals surface area contributed by atoms with Gasteiger partial charge in [0.25, 0.3) is 15.6 Å². The quantitative estimate of drug-likeness (QED) is 0.158. The molecule has 2 saturated heterocycles. The molecule has 0 saturated carbocycles. The highest BCUT2D eigenvalue weighted by Gasteiger charge is 2.46. The molecule has 2 aliphatic rings. The third-order valence-electron chi connectivity index (χ3n) is 5.33. The topological polar surface area (TPSA) is 297 Å². The number of rotatable bonds is 9. The summed E-state index contributed by atoms with van der Waals surface area (Å²) in [5.41, 5.74) is 6.03. The smallest absolute Gasteiger partial charge is 0.276 e. The Morgan fingerprint density at radius 1 is 1.00 bits per heavy atom. The molecule has 7 N–H and O–H groups in total. The zero-order valence-electron chi connectivity index (χ0n) is 17.9. The Balaban J connectivity index is 1.37. The SMILES string of the molecule is Nc1ncnc2c1ncn2[C@@H]1O[C@H](COP(=O)([O-])OP(=O)([O-])OC2O[C@H](CO)[C@@H](O)[C@H]2O)[C@@H](O)[C@H]1O. The number of fused-ring (bicyclic) bond motifs is 1. The first-order valence-electron chi connectivity index (χ1n) is 10.1. The maximum absolute atomic E-state index is 12.0. The van der Waals surface area contributed by atoms with Crippen molar-refractivity contribution in [2.24, 2.45) is 0 Å². The number of nitrogen functional groups attached to an aromatic ring is 1. The van der Waals surface area contributed by atoms with Crippen LogP contribution < -0.4 is 15.5 Å². The average molecular weight is 557 g/mol. The van der Waals surface area contributed by atoms with E-state index in [1.807, 2.05) is 0 Å². The molecule has 0 amide bonds. The molecule has 2 aliphatic heterocycles. The van der Waals surface area contributed by atoms with Gasteiger partial charge in [0.2, 0.25) is 0 Å². The van der Waals surface area contributed by atoms with Crippen LogP contribution in [0.15, 0.2) is 12.7 Å². The summed E-state index contributed by atoms with van der Waals surface area (Å²) in [5, 5.41) is 49.0. The van der Waals surface area contributed by atoms with E-state index in [0.29, 0.717) is 0 Å². The molecule has 10 atom stereocenters. The van der Waals surface area contributed by atoms with Crippen LogP contribution in [0.5, 0.6) is 0 Å². The van der Waals surface area contributed by atoms with Gasteiger partial charge in [0, 0.05) is 0 Å². The number of aromatic nitrogens is 4. The number of hydrogen-bond acceptors (Lipinski definition) is 18. The summed E-state index contributed by atoms with van der Waals surface area (Å²) >= 11 is 0. The standard InChI is InChI=1S/C15H23N5O14P2/c16-12-7-13(18-3-17-12)20(4-19-7)14-10(24)9(23)6(31-14)2-30-35(26,27)34-36(28,29)33-15-11(25)8(22)5(1-21)32-15/h3-6,8-11,14-15,21-25H,1-2H2,(H,26,27)(H,28,29)(H2,16,17,18)/p-2/t5-,6-,8-,9-,10-,11-,14-,15?/m1/s1. The van der Waals surface area contributed by atoms with Crippen LogP contribution in [-0.4, -0.2) is 101 Å². The Hall–Kier alpha value is -1.67. The Morgan fingerprint density at radius 3 is 2.36 bits per heavy atom. The van der Waals surface area contributed by atoms with Crippen molar-refractivity contribution in [3.63, 3.8) is 0 Å². The van der Waals surface area contributed by atoms with Gasteiger partial charge < -0.3 is 55.1 Å². The van der Waals surface area contributed by atoms with E-state index in [1.165, 1.54) is 10.9 Å². The number of phosphoric ester groups is 2. The molecule has 2 fully saturated rings. The minimum Gasteiger partial charge on any atom is -0.756 e. The van der Waals surface area contributed by atoms with Gasteiger partial charge in [-0.3, -0.25) is 18.2 Å². The Morgan fingerprint density at radius 2 is 1.69 bits per heavy atom. The number of nitrogens with zero attached hydrogens (tertiary/aromatic N) is 4. The molecule has 0 aliphatic carbocycles. The largest absolute Gasteiger partial charge is 0.756 e. The second-order valence-corrected chi connectivity index (χ2v) is 10.6. The number of nitrogens with two attached hydrogens (primary N) is 1. The van der Waals surface area contributed by atoms with E-state index in [-0.39, 0.29) is 17.0 Å². The number of hydrogen-bond donors (Lipinski definition) is 6. The van der Waals surface area contributed by atoms with E-state index in [0.717, 1.165) is 6.33 Å². The predicted octanol–water partition coefficient (Wildman–Crippen LogP) is -4.55. The van der Waals surface area contributed by atoms with E-state index in [9.17, 15) is 39.3 Å². The molecule has 0 aromatic carbocycles. The molecule has 3 unspecified atom stereocenters. The van der Waals surface area contributed by atoms with Gasteiger partial charge in [-0.25, -0.2) is 19.3 Å².